The molecule has 2 aromatic heterocycles. The number of nitrogens with two attached hydrogens (primary N) is 1. The average molecular weight is 381 g/mol. The molecule has 5 atom stereocenters. The molecule has 1 saturated heterocycles. The second-order valence-corrected chi connectivity index (χ2v) is 7.60. The number of H-pyrrole nitrogens is 1. The minimum absolute atomic E-state index is 0.0811. The van der Waals surface area contributed by atoms with Crippen molar-refractivity contribution in [1.82, 2.24) is 19.1 Å². The minimum atomic E-state index is -1.45. The van der Waals surface area contributed by atoms with Crippen molar-refractivity contribution >= 4 is 17.1 Å². The van der Waals surface area contributed by atoms with Crippen LogP contribution >= 0.6 is 0 Å². The molecule has 1 aliphatic heterocycles. The third-order valence-electron chi connectivity index (χ3n) is 5.58. The van der Waals surface area contributed by atoms with Crippen LogP contribution < -0.4 is 17.0 Å². The van der Waals surface area contributed by atoms with E-state index in [0.717, 1.165) is 12.8 Å². The summed E-state index contributed by atoms with van der Waals surface area (Å²) in [4.78, 5) is 32.1. The number of ether oxygens (including phenoxy) is 1. The first kappa shape index (κ1) is 18.2. The van der Waals surface area contributed by atoms with E-state index in [1.165, 1.54) is 9.13 Å². The van der Waals surface area contributed by atoms with Crippen LogP contribution in [-0.2, 0) is 11.3 Å². The van der Waals surface area contributed by atoms with Crippen LogP contribution in [0.2, 0.25) is 0 Å². The molecule has 0 radical (unpaired) electrons. The number of nitrogens with zero attached hydrogens (tertiary/aromatic N) is 3. The van der Waals surface area contributed by atoms with Gasteiger partial charge in [-0.1, -0.05) is 13.8 Å². The Morgan fingerprint density at radius 2 is 2.15 bits per heavy atom. The Hall–Kier alpha value is -2.20. The third-order valence-corrected chi connectivity index (χ3v) is 5.58. The van der Waals surface area contributed by atoms with E-state index in [1.54, 1.807) is 13.8 Å². The number of aromatic nitrogens is 4. The van der Waals surface area contributed by atoms with Crippen LogP contribution in [0.1, 0.15) is 39.3 Å². The zero-order chi connectivity index (χ0) is 19.5. The Labute approximate surface area is 154 Å². The van der Waals surface area contributed by atoms with Crippen molar-refractivity contribution in [2.24, 2.45) is 11.8 Å². The fraction of sp³-hybridized carbons (Fsp3) is 0.706. The molecular weight excluding hydrogens is 357 g/mol. The van der Waals surface area contributed by atoms with Gasteiger partial charge in [0.15, 0.2) is 11.2 Å². The van der Waals surface area contributed by atoms with Gasteiger partial charge in [0.25, 0.3) is 5.56 Å². The highest BCUT2D eigenvalue weighted by atomic mass is 19.1. The fourth-order valence-electron chi connectivity index (χ4n) is 3.80. The summed E-state index contributed by atoms with van der Waals surface area (Å²) in [6.45, 7) is 3.75. The lowest BCUT2D eigenvalue weighted by Crippen LogP contribution is -2.33. The first-order valence-corrected chi connectivity index (χ1v) is 9.31. The standard InChI is InChI=1S/C17H24FN5O4/c1-3-9(24)12-10(18)7(2)15(27-12)23-13-11(14(25)21-16(19)20-13)22(17(23)26)6-8-4-5-8/h7-10,12,15,24H,3-6H2,1-2H3,(H3,19,20,21,25)/t7-,9+,10-,12-,15-/m1/s1. The highest BCUT2D eigenvalue weighted by Crippen LogP contribution is 2.39. The van der Waals surface area contributed by atoms with Crippen LogP contribution in [-0.4, -0.2) is 42.6 Å². The predicted octanol–water partition coefficient (Wildman–Crippen LogP) is 0.521. The van der Waals surface area contributed by atoms with Crippen molar-refractivity contribution in [2.45, 2.75) is 64.3 Å². The van der Waals surface area contributed by atoms with E-state index >= 15 is 0 Å². The largest absolute Gasteiger partial charge is 0.390 e. The van der Waals surface area contributed by atoms with Gasteiger partial charge in [-0.05, 0) is 25.2 Å². The van der Waals surface area contributed by atoms with E-state index in [9.17, 15) is 19.1 Å². The summed E-state index contributed by atoms with van der Waals surface area (Å²) in [7, 11) is 0. The Morgan fingerprint density at radius 3 is 2.78 bits per heavy atom. The van der Waals surface area contributed by atoms with Gasteiger partial charge in [-0.2, -0.15) is 4.98 Å². The smallest absolute Gasteiger partial charge is 0.332 e. The van der Waals surface area contributed by atoms with Crippen molar-refractivity contribution in [3.05, 3.63) is 20.8 Å². The highest BCUT2D eigenvalue weighted by molar-refractivity contribution is 5.71. The van der Waals surface area contributed by atoms with Gasteiger partial charge in [0.2, 0.25) is 5.95 Å². The van der Waals surface area contributed by atoms with Crippen molar-refractivity contribution in [3.63, 3.8) is 0 Å². The molecule has 1 aliphatic carbocycles. The monoisotopic (exact) mass is 381 g/mol. The minimum Gasteiger partial charge on any atom is -0.390 e. The topological polar surface area (TPSA) is 128 Å². The number of aliphatic hydroxyl groups excluding tert-OH is 1. The van der Waals surface area contributed by atoms with Crippen LogP contribution in [0.25, 0.3) is 11.2 Å². The summed E-state index contributed by atoms with van der Waals surface area (Å²) in [5.74, 6) is -0.488. The molecule has 4 N–H and O–H groups in total. The Morgan fingerprint density at radius 1 is 1.44 bits per heavy atom. The molecule has 2 aliphatic rings. The van der Waals surface area contributed by atoms with Gasteiger partial charge in [-0.3, -0.25) is 14.3 Å². The van der Waals surface area contributed by atoms with E-state index in [-0.39, 0.29) is 17.1 Å². The van der Waals surface area contributed by atoms with Gasteiger partial charge in [0.1, 0.15) is 18.5 Å². The maximum atomic E-state index is 14.8. The third kappa shape index (κ3) is 2.87. The van der Waals surface area contributed by atoms with E-state index in [4.69, 9.17) is 10.5 Å². The number of alkyl halides is 1. The van der Waals surface area contributed by atoms with Gasteiger partial charge in [0.05, 0.1) is 6.10 Å². The molecule has 0 amide bonds. The molecule has 4 rings (SSSR count). The Balaban J connectivity index is 1.88. The first-order chi connectivity index (χ1) is 12.8. The van der Waals surface area contributed by atoms with Crippen LogP contribution in [0.5, 0.6) is 0 Å². The van der Waals surface area contributed by atoms with Crippen molar-refractivity contribution in [2.75, 3.05) is 5.73 Å². The van der Waals surface area contributed by atoms with Crippen LogP contribution in [0, 0.1) is 11.8 Å². The van der Waals surface area contributed by atoms with Gasteiger partial charge in [-0.25, -0.2) is 13.8 Å². The molecule has 0 aromatic carbocycles. The number of rotatable bonds is 5. The summed E-state index contributed by atoms with van der Waals surface area (Å²) in [5, 5.41) is 10.1. The lowest BCUT2D eigenvalue weighted by Gasteiger charge is -2.19. The quantitative estimate of drug-likeness (QED) is 0.693. The van der Waals surface area contributed by atoms with Crippen molar-refractivity contribution in [1.29, 1.82) is 0 Å². The van der Waals surface area contributed by atoms with Crippen molar-refractivity contribution < 1.29 is 14.2 Å². The lowest BCUT2D eigenvalue weighted by molar-refractivity contribution is -0.0745. The summed E-state index contributed by atoms with van der Waals surface area (Å²) < 4.78 is 23.1. The highest BCUT2D eigenvalue weighted by Gasteiger charge is 2.47. The Bertz CT molecular complexity index is 978. The zero-order valence-corrected chi connectivity index (χ0v) is 15.3. The van der Waals surface area contributed by atoms with E-state index in [2.05, 4.69) is 9.97 Å². The normalized spacial score (nSPS) is 29.5. The van der Waals surface area contributed by atoms with Gasteiger partial charge >= 0.3 is 5.69 Å². The number of aromatic amines is 1. The number of fused-ring (bicyclic) bond motifs is 1. The second-order valence-electron chi connectivity index (χ2n) is 7.60. The number of halogens is 1. The molecule has 2 aromatic rings. The summed E-state index contributed by atoms with van der Waals surface area (Å²) >= 11 is 0. The van der Waals surface area contributed by atoms with Gasteiger partial charge in [-0.15, -0.1) is 0 Å². The fourth-order valence-corrected chi connectivity index (χ4v) is 3.80. The summed E-state index contributed by atoms with van der Waals surface area (Å²) in [6.07, 6.45) is -2.13. The van der Waals surface area contributed by atoms with Crippen LogP contribution in [0.4, 0.5) is 10.3 Å². The first-order valence-electron chi connectivity index (χ1n) is 9.31. The molecule has 9 nitrogen and oxygen atoms in total. The van der Waals surface area contributed by atoms with Crippen LogP contribution in [0.15, 0.2) is 9.59 Å². The van der Waals surface area contributed by atoms with E-state index in [0.29, 0.717) is 18.9 Å². The molecule has 3 heterocycles. The molecule has 10 heteroatoms. The predicted molar refractivity (Wildman–Crippen MR) is 96.0 cm³/mol. The number of nitrogen functional groups attached to an aromatic ring is 1. The molecule has 148 valence electrons. The van der Waals surface area contributed by atoms with Crippen LogP contribution in [0.3, 0.4) is 0 Å². The molecule has 0 spiro atoms. The average Bonchev–Trinajstić information content (AvgIpc) is 3.34. The van der Waals surface area contributed by atoms with Gasteiger partial charge in [0, 0.05) is 12.5 Å². The Kier molecular flexibility index (Phi) is 4.34. The zero-order valence-electron chi connectivity index (χ0n) is 15.3. The molecule has 0 unspecified atom stereocenters. The van der Waals surface area contributed by atoms with Crippen molar-refractivity contribution in [3.8, 4) is 0 Å². The number of hydrogen-bond acceptors (Lipinski definition) is 6. The number of imidazole rings is 1. The summed E-state index contributed by atoms with van der Waals surface area (Å²) in [6, 6.07) is 0. The molecule has 0 bridgehead atoms. The van der Waals surface area contributed by atoms with E-state index < -0.39 is 41.8 Å². The lowest BCUT2D eigenvalue weighted by atomic mass is 9.99. The number of hydrogen-bond donors (Lipinski definition) is 3. The molecule has 1 saturated carbocycles. The maximum Gasteiger partial charge on any atom is 0.332 e. The van der Waals surface area contributed by atoms with Gasteiger partial charge < -0.3 is 15.6 Å². The second kappa shape index (κ2) is 6.45. The molecular formula is C17H24FN5O4. The molecule has 27 heavy (non-hydrogen) atoms. The number of anilines is 1. The maximum absolute atomic E-state index is 14.8. The molecule has 2 fully saturated rings. The SMILES string of the molecule is CC[C@H](O)[C@H]1O[C@@H](n2c(=O)n(CC3CC3)c3c(=O)[nH]c(N)nc32)[C@H](C)[C@H]1F. The number of aliphatic hydroxyl groups is 1. The van der Waals surface area contributed by atoms with E-state index in [1.807, 2.05) is 0 Å². The number of nitrogens with one attached hydrogen (secondary N) is 1. The summed E-state index contributed by atoms with van der Waals surface area (Å²) in [5.41, 5.74) is 4.89.